The van der Waals surface area contributed by atoms with Crippen LogP contribution < -0.4 is 10.1 Å². The number of ketones is 1. The van der Waals surface area contributed by atoms with Gasteiger partial charge in [0, 0.05) is 37.5 Å². The number of benzene rings is 1. The van der Waals surface area contributed by atoms with E-state index >= 15 is 0 Å². The molecule has 154 valence electrons. The standard InChI is InChI=1S/C22H26N2O5/c1-28-19-7-5-16(6-8-19)20(25)3-2-4-21(26)23-18-9-12-24(13-10-18)22(27)17-11-14-29-15-17/h5-8,11,14-15,18H,2-4,9-10,12-13H2,1H3,(H,23,26). The number of furan rings is 1. The summed E-state index contributed by atoms with van der Waals surface area (Å²) in [4.78, 5) is 38.4. The Balaban J connectivity index is 1.34. The van der Waals surface area contributed by atoms with Crippen molar-refractivity contribution in [1.29, 1.82) is 0 Å². The third-order valence-electron chi connectivity index (χ3n) is 5.14. The van der Waals surface area contributed by atoms with Crippen molar-refractivity contribution in [3.05, 3.63) is 54.0 Å². The molecule has 7 nitrogen and oxygen atoms in total. The average Bonchev–Trinajstić information content (AvgIpc) is 3.28. The van der Waals surface area contributed by atoms with Gasteiger partial charge in [0.15, 0.2) is 5.78 Å². The molecule has 1 aliphatic rings. The first-order valence-corrected chi connectivity index (χ1v) is 9.85. The van der Waals surface area contributed by atoms with Gasteiger partial charge in [-0.3, -0.25) is 14.4 Å². The summed E-state index contributed by atoms with van der Waals surface area (Å²) in [6.07, 6.45) is 5.53. The number of piperidine rings is 1. The molecule has 1 fully saturated rings. The minimum absolute atomic E-state index is 0.0199. The fraction of sp³-hybridized carbons (Fsp3) is 0.409. The second-order valence-corrected chi connectivity index (χ2v) is 7.15. The maximum atomic E-state index is 12.3. The molecule has 1 N–H and O–H groups in total. The van der Waals surface area contributed by atoms with Crippen LogP contribution in [0.4, 0.5) is 0 Å². The molecule has 2 aromatic rings. The molecule has 1 aliphatic heterocycles. The number of hydrogen-bond acceptors (Lipinski definition) is 5. The number of Topliss-reactive ketones (excluding diaryl/α,β-unsaturated/α-hetero) is 1. The van der Waals surface area contributed by atoms with Crippen LogP contribution in [-0.2, 0) is 4.79 Å². The summed E-state index contributed by atoms with van der Waals surface area (Å²) >= 11 is 0. The zero-order valence-electron chi connectivity index (χ0n) is 16.6. The fourth-order valence-electron chi connectivity index (χ4n) is 3.43. The smallest absolute Gasteiger partial charge is 0.257 e. The van der Waals surface area contributed by atoms with Gasteiger partial charge in [-0.15, -0.1) is 0 Å². The summed E-state index contributed by atoms with van der Waals surface area (Å²) in [7, 11) is 1.58. The van der Waals surface area contributed by atoms with E-state index in [0.717, 1.165) is 12.8 Å². The molecule has 3 rings (SSSR count). The number of ether oxygens (including phenoxy) is 1. The Morgan fingerprint density at radius 1 is 1.07 bits per heavy atom. The molecule has 0 aliphatic carbocycles. The Morgan fingerprint density at radius 3 is 2.41 bits per heavy atom. The second kappa shape index (κ2) is 9.91. The first kappa shape index (κ1) is 20.6. The van der Waals surface area contributed by atoms with Crippen LogP contribution >= 0.6 is 0 Å². The van der Waals surface area contributed by atoms with Crippen LogP contribution in [0, 0.1) is 0 Å². The van der Waals surface area contributed by atoms with Gasteiger partial charge in [-0.05, 0) is 49.6 Å². The lowest BCUT2D eigenvalue weighted by Gasteiger charge is -2.32. The normalized spacial score (nSPS) is 14.4. The molecular weight excluding hydrogens is 372 g/mol. The van der Waals surface area contributed by atoms with Crippen molar-refractivity contribution >= 4 is 17.6 Å². The van der Waals surface area contributed by atoms with Gasteiger partial charge in [0.2, 0.25) is 5.91 Å². The molecule has 0 bridgehead atoms. The van der Waals surface area contributed by atoms with Gasteiger partial charge in [-0.1, -0.05) is 0 Å². The maximum Gasteiger partial charge on any atom is 0.257 e. The number of nitrogens with zero attached hydrogens (tertiary/aromatic N) is 1. The highest BCUT2D eigenvalue weighted by Gasteiger charge is 2.25. The highest BCUT2D eigenvalue weighted by atomic mass is 16.5. The molecule has 2 amide bonds. The maximum absolute atomic E-state index is 12.3. The summed E-state index contributed by atoms with van der Waals surface area (Å²) < 4.78 is 10.0. The zero-order valence-corrected chi connectivity index (χ0v) is 16.6. The van der Waals surface area contributed by atoms with Crippen LogP contribution in [-0.4, -0.2) is 48.7 Å². The molecule has 0 saturated carbocycles. The molecule has 0 spiro atoms. The van der Waals surface area contributed by atoms with Crippen LogP contribution in [0.15, 0.2) is 47.3 Å². The molecule has 0 atom stereocenters. The minimum Gasteiger partial charge on any atom is -0.497 e. The molecule has 0 unspecified atom stereocenters. The Bertz CT molecular complexity index is 821. The van der Waals surface area contributed by atoms with Crippen molar-refractivity contribution in [2.24, 2.45) is 0 Å². The van der Waals surface area contributed by atoms with E-state index in [0.29, 0.717) is 49.2 Å². The fourth-order valence-corrected chi connectivity index (χ4v) is 3.43. The van der Waals surface area contributed by atoms with E-state index in [-0.39, 0.29) is 23.6 Å². The Morgan fingerprint density at radius 2 is 1.79 bits per heavy atom. The van der Waals surface area contributed by atoms with Gasteiger partial charge in [-0.2, -0.15) is 0 Å². The topological polar surface area (TPSA) is 88.9 Å². The van der Waals surface area contributed by atoms with Gasteiger partial charge >= 0.3 is 0 Å². The molecule has 29 heavy (non-hydrogen) atoms. The predicted molar refractivity (Wildman–Crippen MR) is 107 cm³/mol. The molecule has 2 heterocycles. The van der Waals surface area contributed by atoms with E-state index in [2.05, 4.69) is 5.32 Å². The predicted octanol–water partition coefficient (Wildman–Crippen LogP) is 3.06. The molecular formula is C22H26N2O5. The minimum atomic E-state index is -0.0489. The summed E-state index contributed by atoms with van der Waals surface area (Å²) in [6.45, 7) is 1.20. The summed E-state index contributed by atoms with van der Waals surface area (Å²) in [5.74, 6) is 0.637. The van der Waals surface area contributed by atoms with Crippen molar-refractivity contribution in [1.82, 2.24) is 10.2 Å². The lowest BCUT2D eigenvalue weighted by molar-refractivity contribution is -0.122. The van der Waals surface area contributed by atoms with E-state index in [1.807, 2.05) is 0 Å². The molecule has 1 aromatic heterocycles. The third kappa shape index (κ3) is 5.70. The molecule has 0 radical (unpaired) electrons. The first-order valence-electron chi connectivity index (χ1n) is 9.85. The number of likely N-dealkylation sites (tertiary alicyclic amines) is 1. The lowest BCUT2D eigenvalue weighted by atomic mass is 10.0. The van der Waals surface area contributed by atoms with Crippen LogP contribution in [0.1, 0.15) is 52.8 Å². The third-order valence-corrected chi connectivity index (χ3v) is 5.14. The van der Waals surface area contributed by atoms with Crippen molar-refractivity contribution < 1.29 is 23.5 Å². The number of methoxy groups -OCH3 is 1. The van der Waals surface area contributed by atoms with Gasteiger partial charge < -0.3 is 19.4 Å². The molecule has 1 aromatic carbocycles. The Hall–Kier alpha value is -3.09. The Kier molecular flexibility index (Phi) is 7.05. The van der Waals surface area contributed by atoms with Crippen molar-refractivity contribution in [2.75, 3.05) is 20.2 Å². The van der Waals surface area contributed by atoms with E-state index in [1.165, 1.54) is 12.5 Å². The first-order chi connectivity index (χ1) is 14.1. The highest BCUT2D eigenvalue weighted by Crippen LogP contribution is 2.16. The average molecular weight is 398 g/mol. The van der Waals surface area contributed by atoms with Crippen LogP contribution in [0.2, 0.25) is 0 Å². The van der Waals surface area contributed by atoms with Crippen molar-refractivity contribution in [3.63, 3.8) is 0 Å². The number of nitrogens with one attached hydrogen (secondary N) is 1. The highest BCUT2D eigenvalue weighted by molar-refractivity contribution is 5.96. The monoisotopic (exact) mass is 398 g/mol. The number of rotatable bonds is 8. The summed E-state index contributed by atoms with van der Waals surface area (Å²) in [5.41, 5.74) is 1.18. The van der Waals surface area contributed by atoms with E-state index in [4.69, 9.17) is 9.15 Å². The van der Waals surface area contributed by atoms with Crippen LogP contribution in [0.3, 0.4) is 0 Å². The zero-order chi connectivity index (χ0) is 20.6. The van der Waals surface area contributed by atoms with Crippen molar-refractivity contribution in [2.45, 2.75) is 38.1 Å². The number of carbonyl (C=O) groups excluding carboxylic acids is 3. The van der Waals surface area contributed by atoms with Crippen molar-refractivity contribution in [3.8, 4) is 5.75 Å². The number of amides is 2. The van der Waals surface area contributed by atoms with Gasteiger partial charge in [0.1, 0.15) is 12.0 Å². The number of carbonyl (C=O) groups is 3. The van der Waals surface area contributed by atoms with E-state index in [1.54, 1.807) is 42.3 Å². The van der Waals surface area contributed by atoms with E-state index in [9.17, 15) is 14.4 Å². The number of hydrogen-bond donors (Lipinski definition) is 1. The quantitative estimate of drug-likeness (QED) is 0.691. The van der Waals surface area contributed by atoms with Crippen LogP contribution in [0.25, 0.3) is 0 Å². The molecule has 7 heteroatoms. The second-order valence-electron chi connectivity index (χ2n) is 7.15. The van der Waals surface area contributed by atoms with Gasteiger partial charge in [0.05, 0.1) is 18.9 Å². The summed E-state index contributed by atoms with van der Waals surface area (Å²) in [6, 6.07) is 8.70. The van der Waals surface area contributed by atoms with Gasteiger partial charge in [0.25, 0.3) is 5.91 Å². The van der Waals surface area contributed by atoms with E-state index < -0.39 is 0 Å². The summed E-state index contributed by atoms with van der Waals surface area (Å²) in [5, 5.41) is 3.02. The van der Waals surface area contributed by atoms with Gasteiger partial charge in [-0.25, -0.2) is 0 Å². The largest absolute Gasteiger partial charge is 0.497 e. The Labute approximate surface area is 170 Å². The SMILES string of the molecule is COc1ccc(C(=O)CCCC(=O)NC2CCN(C(=O)c3ccoc3)CC2)cc1. The molecule has 1 saturated heterocycles. The lowest BCUT2D eigenvalue weighted by Crippen LogP contribution is -2.46. The van der Waals surface area contributed by atoms with Crippen LogP contribution in [0.5, 0.6) is 5.75 Å².